The molecule has 0 fully saturated rings. The van der Waals surface area contributed by atoms with Gasteiger partial charge in [0.15, 0.2) is 0 Å². The maximum atomic E-state index is 11.8. The van der Waals surface area contributed by atoms with Crippen LogP contribution in [0.5, 0.6) is 11.5 Å². The first-order valence-corrected chi connectivity index (χ1v) is 4.92. The Morgan fingerprint density at radius 2 is 2.00 bits per heavy atom. The van der Waals surface area contributed by atoms with Gasteiger partial charge in [0.05, 0.1) is 6.20 Å². The number of aromatic nitrogens is 2. The fraction of sp³-hybridized carbons (Fsp3) is 0.0909. The van der Waals surface area contributed by atoms with Gasteiger partial charge < -0.3 is 15.5 Å². The van der Waals surface area contributed by atoms with Crippen molar-refractivity contribution in [3.05, 3.63) is 35.5 Å². The van der Waals surface area contributed by atoms with E-state index in [4.69, 9.17) is 0 Å². The summed E-state index contributed by atoms with van der Waals surface area (Å²) < 4.78 is 0. The van der Waals surface area contributed by atoms with Crippen molar-refractivity contribution in [3.8, 4) is 11.5 Å². The van der Waals surface area contributed by atoms with E-state index in [0.29, 0.717) is 5.82 Å². The lowest BCUT2D eigenvalue weighted by molar-refractivity contribution is 0.102. The van der Waals surface area contributed by atoms with Crippen LogP contribution in [-0.2, 0) is 0 Å². The minimum atomic E-state index is -0.604. The molecule has 6 nitrogen and oxygen atoms in total. The number of phenols is 2. The zero-order chi connectivity index (χ0) is 12.4. The molecule has 2 rings (SSSR count). The Labute approximate surface area is 96.9 Å². The normalized spacial score (nSPS) is 10.2. The van der Waals surface area contributed by atoms with Gasteiger partial charge >= 0.3 is 0 Å². The van der Waals surface area contributed by atoms with E-state index in [1.807, 2.05) is 0 Å². The number of carbonyl (C=O) groups is 1. The van der Waals surface area contributed by atoms with Gasteiger partial charge in [-0.25, -0.2) is 0 Å². The predicted molar refractivity (Wildman–Crippen MR) is 61.0 cm³/mol. The zero-order valence-corrected chi connectivity index (χ0v) is 9.06. The van der Waals surface area contributed by atoms with Crippen LogP contribution in [0.25, 0.3) is 0 Å². The summed E-state index contributed by atoms with van der Waals surface area (Å²) in [5.41, 5.74) is 0.592. The van der Waals surface area contributed by atoms with Crippen molar-refractivity contribution in [2.45, 2.75) is 6.92 Å². The van der Waals surface area contributed by atoms with Gasteiger partial charge in [-0.15, -0.1) is 0 Å². The Bertz CT molecular complexity index is 543. The first-order chi connectivity index (χ1) is 8.09. The third kappa shape index (κ3) is 2.05. The molecule has 0 bridgehead atoms. The smallest absolute Gasteiger partial charge is 0.264 e. The average Bonchev–Trinajstić information content (AvgIpc) is 2.64. The molecule has 0 aliphatic carbocycles. The molecule has 0 atom stereocenters. The zero-order valence-electron chi connectivity index (χ0n) is 9.06. The fourth-order valence-corrected chi connectivity index (χ4v) is 1.41. The largest absolute Gasteiger partial charge is 0.507 e. The lowest BCUT2D eigenvalue weighted by Crippen LogP contribution is -2.13. The Morgan fingerprint density at radius 3 is 2.53 bits per heavy atom. The van der Waals surface area contributed by atoms with Gasteiger partial charge in [-0.2, -0.15) is 5.10 Å². The van der Waals surface area contributed by atoms with Crippen LogP contribution in [0, 0.1) is 6.92 Å². The summed E-state index contributed by atoms with van der Waals surface area (Å²) in [4.78, 5) is 11.8. The van der Waals surface area contributed by atoms with Crippen LogP contribution in [0.1, 0.15) is 15.9 Å². The lowest BCUT2D eigenvalue weighted by Gasteiger charge is -2.07. The van der Waals surface area contributed by atoms with Crippen LogP contribution < -0.4 is 5.32 Å². The van der Waals surface area contributed by atoms with E-state index in [2.05, 4.69) is 15.5 Å². The van der Waals surface area contributed by atoms with Crippen molar-refractivity contribution in [1.82, 2.24) is 10.2 Å². The molecule has 1 amide bonds. The van der Waals surface area contributed by atoms with E-state index in [1.54, 1.807) is 13.1 Å². The number of rotatable bonds is 2. The van der Waals surface area contributed by atoms with Gasteiger partial charge in [-0.3, -0.25) is 9.89 Å². The maximum absolute atomic E-state index is 11.8. The summed E-state index contributed by atoms with van der Waals surface area (Å²) in [5, 5.41) is 27.9. The maximum Gasteiger partial charge on any atom is 0.264 e. The number of nitrogens with one attached hydrogen (secondary N) is 2. The van der Waals surface area contributed by atoms with Gasteiger partial charge in [0, 0.05) is 5.56 Å². The number of nitrogens with zero attached hydrogens (tertiary/aromatic N) is 1. The molecule has 88 valence electrons. The van der Waals surface area contributed by atoms with Gasteiger partial charge in [-0.05, 0) is 19.1 Å². The number of aryl methyl sites for hydroxylation is 1. The summed E-state index contributed by atoms with van der Waals surface area (Å²) >= 11 is 0. The van der Waals surface area contributed by atoms with Crippen molar-refractivity contribution < 1.29 is 15.0 Å². The summed E-state index contributed by atoms with van der Waals surface area (Å²) in [6, 6.07) is 4.10. The molecule has 0 unspecified atom stereocenters. The standard InChI is InChI=1S/C11H11N3O3/c1-6-5-12-14-10(6)13-11(17)9-7(15)3-2-4-8(9)16/h2-5,15-16H,1H3,(H2,12,13,14,17). The average molecular weight is 233 g/mol. The molecule has 0 aliphatic heterocycles. The van der Waals surface area contributed by atoms with Crippen LogP contribution in [0.15, 0.2) is 24.4 Å². The summed E-state index contributed by atoms with van der Waals surface area (Å²) in [7, 11) is 0. The van der Waals surface area contributed by atoms with Gasteiger partial charge in [-0.1, -0.05) is 6.07 Å². The van der Waals surface area contributed by atoms with E-state index in [-0.39, 0.29) is 17.1 Å². The third-order valence-corrected chi connectivity index (χ3v) is 2.31. The Balaban J connectivity index is 2.30. The molecule has 0 saturated carbocycles. The Morgan fingerprint density at radius 1 is 1.35 bits per heavy atom. The molecule has 0 spiro atoms. The van der Waals surface area contributed by atoms with Gasteiger partial charge in [0.1, 0.15) is 22.9 Å². The number of H-pyrrole nitrogens is 1. The first-order valence-electron chi connectivity index (χ1n) is 4.92. The summed E-state index contributed by atoms with van der Waals surface area (Å²) in [6.07, 6.45) is 1.56. The van der Waals surface area contributed by atoms with Crippen molar-refractivity contribution in [1.29, 1.82) is 0 Å². The number of amides is 1. The second-order valence-electron chi connectivity index (χ2n) is 3.55. The second-order valence-corrected chi connectivity index (χ2v) is 3.55. The van der Waals surface area contributed by atoms with Gasteiger partial charge in [0.25, 0.3) is 5.91 Å². The molecule has 2 aromatic rings. The molecule has 6 heteroatoms. The minimum absolute atomic E-state index is 0.165. The Hall–Kier alpha value is -2.50. The SMILES string of the molecule is Cc1cn[nH]c1NC(=O)c1c(O)cccc1O. The minimum Gasteiger partial charge on any atom is -0.507 e. The van der Waals surface area contributed by atoms with Crippen LogP contribution in [0.3, 0.4) is 0 Å². The van der Waals surface area contributed by atoms with Crippen molar-refractivity contribution in [2.24, 2.45) is 0 Å². The number of aromatic amines is 1. The van der Waals surface area contributed by atoms with E-state index in [9.17, 15) is 15.0 Å². The van der Waals surface area contributed by atoms with Crippen molar-refractivity contribution >= 4 is 11.7 Å². The van der Waals surface area contributed by atoms with Crippen LogP contribution in [-0.4, -0.2) is 26.3 Å². The molecular formula is C11H11N3O3. The van der Waals surface area contributed by atoms with E-state index in [0.717, 1.165) is 5.56 Å². The molecule has 0 aliphatic rings. The summed E-state index contributed by atoms with van der Waals surface area (Å²) in [5.74, 6) is -0.732. The number of hydrogen-bond donors (Lipinski definition) is 4. The quantitative estimate of drug-likeness (QED) is 0.629. The highest BCUT2D eigenvalue weighted by atomic mass is 16.3. The van der Waals surface area contributed by atoms with E-state index >= 15 is 0 Å². The molecule has 1 heterocycles. The van der Waals surface area contributed by atoms with Crippen LogP contribution in [0.4, 0.5) is 5.82 Å². The summed E-state index contributed by atoms with van der Waals surface area (Å²) in [6.45, 7) is 1.77. The van der Waals surface area contributed by atoms with Crippen molar-refractivity contribution in [3.63, 3.8) is 0 Å². The molecule has 17 heavy (non-hydrogen) atoms. The molecule has 0 radical (unpaired) electrons. The van der Waals surface area contributed by atoms with Crippen LogP contribution in [0.2, 0.25) is 0 Å². The number of phenolic OH excluding ortho intramolecular Hbond substituents is 2. The molecule has 1 aromatic carbocycles. The monoisotopic (exact) mass is 233 g/mol. The number of benzene rings is 1. The first kappa shape index (κ1) is 11.0. The highest BCUT2D eigenvalue weighted by molar-refractivity contribution is 6.07. The topological polar surface area (TPSA) is 98.2 Å². The van der Waals surface area contributed by atoms with Crippen LogP contribution >= 0.6 is 0 Å². The van der Waals surface area contributed by atoms with E-state index in [1.165, 1.54) is 18.2 Å². The molecular weight excluding hydrogens is 222 g/mol. The fourth-order valence-electron chi connectivity index (χ4n) is 1.41. The lowest BCUT2D eigenvalue weighted by atomic mass is 10.1. The number of anilines is 1. The molecule has 4 N–H and O–H groups in total. The second kappa shape index (κ2) is 4.17. The van der Waals surface area contributed by atoms with Gasteiger partial charge in [0.2, 0.25) is 0 Å². The predicted octanol–water partition coefficient (Wildman–Crippen LogP) is 1.38. The number of aromatic hydroxyl groups is 2. The highest BCUT2D eigenvalue weighted by Gasteiger charge is 2.17. The van der Waals surface area contributed by atoms with E-state index < -0.39 is 5.91 Å². The third-order valence-electron chi connectivity index (χ3n) is 2.31. The molecule has 1 aromatic heterocycles. The number of carbonyl (C=O) groups excluding carboxylic acids is 1. The Kier molecular flexibility index (Phi) is 2.70. The van der Waals surface area contributed by atoms with Crippen molar-refractivity contribution in [2.75, 3.05) is 5.32 Å². The number of hydrogen-bond acceptors (Lipinski definition) is 4. The highest BCUT2D eigenvalue weighted by Crippen LogP contribution is 2.27. The molecule has 0 saturated heterocycles.